The van der Waals surface area contributed by atoms with Crippen molar-refractivity contribution >= 4 is 28.8 Å². The van der Waals surface area contributed by atoms with Gasteiger partial charge in [0.15, 0.2) is 0 Å². The van der Waals surface area contributed by atoms with Gasteiger partial charge in [-0.2, -0.15) is 0 Å². The van der Waals surface area contributed by atoms with Crippen molar-refractivity contribution in [2.24, 2.45) is 0 Å². The number of benzene rings is 3. The Morgan fingerprint density at radius 3 is 2.60 bits per heavy atom. The van der Waals surface area contributed by atoms with Gasteiger partial charge in [-0.05, 0) is 42.8 Å². The number of aliphatic hydroxyl groups is 1. The molecule has 0 aliphatic carbocycles. The van der Waals surface area contributed by atoms with Crippen molar-refractivity contribution in [3.8, 4) is 5.75 Å². The maximum absolute atomic E-state index is 14.6. The van der Waals surface area contributed by atoms with Crippen LogP contribution in [0.5, 0.6) is 5.75 Å². The molecule has 0 aliphatic rings. The molecule has 180 valence electrons. The fourth-order valence-electron chi connectivity index (χ4n) is 3.71. The lowest BCUT2D eigenvalue weighted by molar-refractivity contribution is 0.0667. The van der Waals surface area contributed by atoms with Crippen molar-refractivity contribution in [2.75, 3.05) is 0 Å². The summed E-state index contributed by atoms with van der Waals surface area (Å²) in [6.07, 6.45) is 0. The second-order valence-corrected chi connectivity index (χ2v) is 9.31. The third kappa shape index (κ3) is 6.06. The van der Waals surface area contributed by atoms with Gasteiger partial charge in [0.2, 0.25) is 0 Å². The summed E-state index contributed by atoms with van der Waals surface area (Å²) < 4.78 is 20.6. The van der Waals surface area contributed by atoms with E-state index >= 15 is 0 Å². The highest BCUT2D eigenvalue weighted by atomic mass is 35.5. The van der Waals surface area contributed by atoms with E-state index in [1.54, 1.807) is 40.6 Å². The van der Waals surface area contributed by atoms with Crippen molar-refractivity contribution in [1.29, 1.82) is 0 Å². The molecule has 4 aromatic rings. The first-order chi connectivity index (χ1) is 17.0. The van der Waals surface area contributed by atoms with Gasteiger partial charge in [-0.15, -0.1) is 11.3 Å². The van der Waals surface area contributed by atoms with Crippen LogP contribution in [0.4, 0.5) is 4.39 Å². The zero-order valence-electron chi connectivity index (χ0n) is 19.0. The Balaban J connectivity index is 1.66. The number of ether oxygens (including phenoxy) is 1. The highest BCUT2D eigenvalue weighted by molar-refractivity contribution is 7.09. The minimum absolute atomic E-state index is 0.000837. The van der Waals surface area contributed by atoms with Gasteiger partial charge >= 0.3 is 0 Å². The van der Waals surface area contributed by atoms with E-state index in [2.05, 4.69) is 4.98 Å². The summed E-state index contributed by atoms with van der Waals surface area (Å²) in [7, 11) is 0. The summed E-state index contributed by atoms with van der Waals surface area (Å²) in [6, 6.07) is 20.4. The van der Waals surface area contributed by atoms with Crippen LogP contribution in [0.15, 0.2) is 78.2 Å². The Morgan fingerprint density at radius 1 is 1.14 bits per heavy atom. The lowest BCUT2D eigenvalue weighted by Gasteiger charge is -2.31. The van der Waals surface area contributed by atoms with Crippen LogP contribution < -0.4 is 4.74 Å². The quantitative estimate of drug-likeness (QED) is 0.282. The topological polar surface area (TPSA) is 62.7 Å². The molecule has 4 rings (SSSR count). The fourth-order valence-corrected chi connectivity index (χ4v) is 4.60. The molecule has 8 heteroatoms. The van der Waals surface area contributed by atoms with Crippen LogP contribution in [0.25, 0.3) is 0 Å². The summed E-state index contributed by atoms with van der Waals surface area (Å²) in [5.41, 5.74) is 2.19. The van der Waals surface area contributed by atoms with E-state index in [4.69, 9.17) is 16.3 Å². The van der Waals surface area contributed by atoms with Gasteiger partial charge in [-0.25, -0.2) is 9.37 Å². The average Bonchev–Trinajstić information content (AvgIpc) is 3.35. The molecule has 1 aromatic heterocycles. The standard InChI is InChI=1S/C27H24ClFN2O3S/c1-18(19-7-3-2-4-8-19)31(27(33)23-9-5-6-10-24(23)29)14-20-13-21(28)11-12-25(20)34-16-26-30-22(15-32)17-35-26/h2-13,17-18,32H,14-16H2,1H3/t18-/m0/s1. The first kappa shape index (κ1) is 24.9. The largest absolute Gasteiger partial charge is 0.486 e. The van der Waals surface area contributed by atoms with Crippen LogP contribution in [-0.4, -0.2) is 20.9 Å². The van der Waals surface area contributed by atoms with Crippen molar-refractivity contribution in [3.63, 3.8) is 0 Å². The molecule has 0 unspecified atom stereocenters. The normalized spacial score (nSPS) is 11.8. The smallest absolute Gasteiger partial charge is 0.257 e. The predicted octanol–water partition coefficient (Wildman–Crippen LogP) is 6.41. The van der Waals surface area contributed by atoms with E-state index in [0.717, 1.165) is 5.56 Å². The Hall–Kier alpha value is -3.26. The molecular weight excluding hydrogens is 487 g/mol. The SMILES string of the molecule is C[C@@H](c1ccccc1)N(Cc1cc(Cl)ccc1OCc1nc(CO)cs1)C(=O)c1ccccc1F. The molecule has 1 heterocycles. The highest BCUT2D eigenvalue weighted by Crippen LogP contribution is 2.31. The Kier molecular flexibility index (Phi) is 8.13. The lowest BCUT2D eigenvalue weighted by atomic mass is 10.0. The summed E-state index contributed by atoms with van der Waals surface area (Å²) in [5, 5.41) is 12.2. The second kappa shape index (κ2) is 11.4. The zero-order valence-corrected chi connectivity index (χ0v) is 20.6. The zero-order chi connectivity index (χ0) is 24.8. The van der Waals surface area contributed by atoms with Crippen molar-refractivity contribution < 1.29 is 19.0 Å². The molecule has 1 amide bonds. The first-order valence-corrected chi connectivity index (χ1v) is 12.3. The average molecular weight is 511 g/mol. The van der Waals surface area contributed by atoms with E-state index in [0.29, 0.717) is 27.0 Å². The number of carbonyl (C=O) groups excluding carboxylic acids is 1. The van der Waals surface area contributed by atoms with E-state index in [9.17, 15) is 14.3 Å². The molecule has 0 fully saturated rings. The predicted molar refractivity (Wildman–Crippen MR) is 135 cm³/mol. The second-order valence-electron chi connectivity index (χ2n) is 7.93. The minimum Gasteiger partial charge on any atom is -0.486 e. The molecule has 0 bridgehead atoms. The summed E-state index contributed by atoms with van der Waals surface area (Å²) in [4.78, 5) is 19.5. The van der Waals surface area contributed by atoms with Gasteiger partial charge in [-0.3, -0.25) is 4.79 Å². The van der Waals surface area contributed by atoms with Gasteiger partial charge in [0.1, 0.15) is 23.2 Å². The number of amides is 1. The van der Waals surface area contributed by atoms with E-state index in [1.165, 1.54) is 23.5 Å². The fraction of sp³-hybridized carbons (Fsp3) is 0.185. The summed E-state index contributed by atoms with van der Waals surface area (Å²) in [5.74, 6) is -0.464. The molecule has 1 atom stereocenters. The maximum Gasteiger partial charge on any atom is 0.257 e. The number of aliphatic hydroxyl groups excluding tert-OH is 1. The Bertz CT molecular complexity index is 1300. The van der Waals surface area contributed by atoms with Crippen LogP contribution in [0.2, 0.25) is 5.02 Å². The number of nitrogens with zero attached hydrogens (tertiary/aromatic N) is 2. The van der Waals surface area contributed by atoms with Crippen molar-refractivity contribution in [1.82, 2.24) is 9.88 Å². The molecule has 5 nitrogen and oxygen atoms in total. The van der Waals surface area contributed by atoms with Gasteiger partial charge in [0, 0.05) is 16.0 Å². The highest BCUT2D eigenvalue weighted by Gasteiger charge is 2.26. The van der Waals surface area contributed by atoms with E-state index < -0.39 is 11.7 Å². The number of hydrogen-bond donors (Lipinski definition) is 1. The van der Waals surface area contributed by atoms with Crippen molar-refractivity contribution in [2.45, 2.75) is 32.7 Å². The summed E-state index contributed by atoms with van der Waals surface area (Å²) >= 11 is 7.69. The molecule has 0 saturated heterocycles. The number of carbonyl (C=O) groups is 1. The molecule has 1 N–H and O–H groups in total. The molecule has 0 saturated carbocycles. The number of halogens is 2. The van der Waals surface area contributed by atoms with E-state index in [1.807, 2.05) is 37.3 Å². The van der Waals surface area contributed by atoms with Crippen LogP contribution in [0.1, 0.15) is 45.2 Å². The number of rotatable bonds is 9. The van der Waals surface area contributed by atoms with Gasteiger partial charge < -0.3 is 14.7 Å². The van der Waals surface area contributed by atoms with Crippen LogP contribution in [0.3, 0.4) is 0 Å². The molecular formula is C27H24ClFN2O3S. The molecule has 0 spiro atoms. The molecule has 0 radical (unpaired) electrons. The van der Waals surface area contributed by atoms with Crippen molar-refractivity contribution in [3.05, 3.63) is 116 Å². The van der Waals surface area contributed by atoms with Crippen LogP contribution in [0, 0.1) is 5.82 Å². The maximum atomic E-state index is 14.6. The van der Waals surface area contributed by atoms with Crippen LogP contribution >= 0.6 is 22.9 Å². The van der Waals surface area contributed by atoms with E-state index in [-0.39, 0.29) is 31.4 Å². The van der Waals surface area contributed by atoms with Gasteiger partial charge in [-0.1, -0.05) is 54.1 Å². The third-order valence-electron chi connectivity index (χ3n) is 5.59. The van der Waals surface area contributed by atoms with Crippen LogP contribution in [-0.2, 0) is 19.8 Å². The third-order valence-corrected chi connectivity index (χ3v) is 6.70. The van der Waals surface area contributed by atoms with Gasteiger partial charge in [0.05, 0.1) is 30.5 Å². The lowest BCUT2D eigenvalue weighted by Crippen LogP contribution is -2.34. The first-order valence-electron chi connectivity index (χ1n) is 11.0. The number of hydrogen-bond acceptors (Lipinski definition) is 5. The minimum atomic E-state index is -0.575. The number of aromatic nitrogens is 1. The molecule has 0 aliphatic heterocycles. The Morgan fingerprint density at radius 2 is 1.89 bits per heavy atom. The Labute approximate surface area is 212 Å². The molecule has 35 heavy (non-hydrogen) atoms. The molecule has 3 aromatic carbocycles. The van der Waals surface area contributed by atoms with Gasteiger partial charge in [0.25, 0.3) is 5.91 Å². The number of thiazole rings is 1. The monoisotopic (exact) mass is 510 g/mol. The summed E-state index contributed by atoms with van der Waals surface area (Å²) in [6.45, 7) is 2.13.